The molecule has 3 heteroatoms. The first-order valence-electron chi connectivity index (χ1n) is 5.60. The topological polar surface area (TPSA) is 21.3 Å². The number of methoxy groups -OCH3 is 1. The van der Waals surface area contributed by atoms with Crippen LogP contribution < -0.4 is 5.32 Å². The summed E-state index contributed by atoms with van der Waals surface area (Å²) in [5.41, 5.74) is 1.34. The van der Waals surface area contributed by atoms with Gasteiger partial charge in [-0.3, -0.25) is 0 Å². The molecule has 90 valence electrons. The third-order valence-corrected chi connectivity index (χ3v) is 3.29. The monoisotopic (exact) mass is 285 g/mol. The third-order valence-electron chi connectivity index (χ3n) is 2.80. The summed E-state index contributed by atoms with van der Waals surface area (Å²) in [6.07, 6.45) is 2.35. The summed E-state index contributed by atoms with van der Waals surface area (Å²) in [6, 6.07) is 8.92. The highest BCUT2D eigenvalue weighted by Gasteiger charge is 2.11. The van der Waals surface area contributed by atoms with E-state index in [9.17, 15) is 0 Å². The lowest BCUT2D eigenvalue weighted by atomic mass is 10.0. The summed E-state index contributed by atoms with van der Waals surface area (Å²) < 4.78 is 6.43. The van der Waals surface area contributed by atoms with Crippen molar-refractivity contribution in [3.63, 3.8) is 0 Å². The van der Waals surface area contributed by atoms with E-state index in [1.54, 1.807) is 7.11 Å². The fourth-order valence-electron chi connectivity index (χ4n) is 1.75. The molecule has 0 bridgehead atoms. The predicted octanol–water partition coefficient (Wildman–Crippen LogP) is 3.00. The summed E-state index contributed by atoms with van der Waals surface area (Å²) >= 11 is 3.49. The molecule has 2 nitrogen and oxygen atoms in total. The quantitative estimate of drug-likeness (QED) is 0.868. The molecule has 0 saturated heterocycles. The molecule has 0 aliphatic heterocycles. The molecule has 16 heavy (non-hydrogen) atoms. The highest BCUT2D eigenvalue weighted by Crippen LogP contribution is 2.14. The minimum atomic E-state index is 0.296. The maximum atomic E-state index is 5.29. The first kappa shape index (κ1) is 13.7. The first-order valence-corrected chi connectivity index (χ1v) is 6.39. The molecule has 0 amide bonds. The van der Waals surface area contributed by atoms with Gasteiger partial charge in [0.25, 0.3) is 0 Å². The number of hydrogen-bond donors (Lipinski definition) is 1. The molecular weight excluding hydrogens is 266 g/mol. The van der Waals surface area contributed by atoms with E-state index in [2.05, 4.69) is 52.4 Å². The molecule has 0 heterocycles. The van der Waals surface area contributed by atoms with Gasteiger partial charge in [0.05, 0.1) is 6.10 Å². The van der Waals surface area contributed by atoms with Crippen LogP contribution in [0.25, 0.3) is 0 Å². The third kappa shape index (κ3) is 4.64. The molecule has 1 aromatic rings. The number of nitrogens with one attached hydrogen (secondary N) is 1. The van der Waals surface area contributed by atoms with E-state index in [-0.39, 0.29) is 0 Å². The van der Waals surface area contributed by atoms with E-state index in [1.165, 1.54) is 5.56 Å². The van der Waals surface area contributed by atoms with Gasteiger partial charge in [0.1, 0.15) is 0 Å². The number of ether oxygens (including phenoxy) is 1. The molecule has 0 saturated carbocycles. The van der Waals surface area contributed by atoms with Crippen molar-refractivity contribution in [1.82, 2.24) is 5.32 Å². The largest absolute Gasteiger partial charge is 0.382 e. The number of benzene rings is 1. The van der Waals surface area contributed by atoms with Crippen molar-refractivity contribution in [2.24, 2.45) is 0 Å². The second kappa shape index (κ2) is 7.05. The molecule has 2 atom stereocenters. The molecular formula is C13H20BrNO. The van der Waals surface area contributed by atoms with Crippen molar-refractivity contribution in [2.45, 2.75) is 31.9 Å². The molecule has 0 fully saturated rings. The Kier molecular flexibility index (Phi) is 6.03. The fraction of sp³-hybridized carbons (Fsp3) is 0.538. The smallest absolute Gasteiger partial charge is 0.0558 e. The predicted molar refractivity (Wildman–Crippen MR) is 71.8 cm³/mol. The Hall–Kier alpha value is -0.380. The van der Waals surface area contributed by atoms with Crippen LogP contribution in [-0.2, 0) is 11.2 Å². The number of likely N-dealkylation sites (N-methyl/N-ethyl adjacent to an activating group) is 1. The van der Waals surface area contributed by atoms with E-state index in [0.29, 0.717) is 12.1 Å². The Labute approximate surface area is 107 Å². The maximum absolute atomic E-state index is 5.29. The average Bonchev–Trinajstić information content (AvgIpc) is 2.28. The van der Waals surface area contributed by atoms with Crippen molar-refractivity contribution in [3.05, 3.63) is 34.3 Å². The van der Waals surface area contributed by atoms with E-state index in [0.717, 1.165) is 17.3 Å². The number of halogens is 1. The van der Waals surface area contributed by atoms with Gasteiger partial charge in [-0.25, -0.2) is 0 Å². The summed E-state index contributed by atoms with van der Waals surface area (Å²) in [7, 11) is 3.77. The Morgan fingerprint density at radius 2 is 2.19 bits per heavy atom. The lowest BCUT2D eigenvalue weighted by molar-refractivity contribution is 0.101. The zero-order chi connectivity index (χ0) is 12.0. The Bertz CT molecular complexity index is 317. The molecule has 1 aromatic carbocycles. The minimum absolute atomic E-state index is 0.296. The van der Waals surface area contributed by atoms with Crippen LogP contribution in [0.2, 0.25) is 0 Å². The maximum Gasteiger partial charge on any atom is 0.0558 e. The van der Waals surface area contributed by atoms with Crippen LogP contribution >= 0.6 is 15.9 Å². The highest BCUT2D eigenvalue weighted by atomic mass is 79.9. The summed E-state index contributed by atoms with van der Waals surface area (Å²) in [5.74, 6) is 0. The molecule has 2 unspecified atom stereocenters. The zero-order valence-corrected chi connectivity index (χ0v) is 11.8. The molecule has 0 radical (unpaired) electrons. The van der Waals surface area contributed by atoms with Crippen LogP contribution in [0.15, 0.2) is 28.7 Å². The van der Waals surface area contributed by atoms with Crippen LogP contribution in [0.4, 0.5) is 0 Å². The van der Waals surface area contributed by atoms with Crippen LogP contribution in [0, 0.1) is 0 Å². The normalized spacial score (nSPS) is 14.8. The van der Waals surface area contributed by atoms with E-state index in [1.807, 2.05) is 7.05 Å². The van der Waals surface area contributed by atoms with Crippen LogP contribution in [-0.4, -0.2) is 26.3 Å². The van der Waals surface area contributed by atoms with Gasteiger partial charge < -0.3 is 10.1 Å². The highest BCUT2D eigenvalue weighted by molar-refractivity contribution is 9.10. The summed E-state index contributed by atoms with van der Waals surface area (Å²) in [6.45, 7) is 2.10. The Balaban J connectivity index is 2.56. The standard InChI is InChI=1S/C13H20BrNO/c1-10(16-3)7-13(15-2)9-11-5-4-6-12(14)8-11/h4-6,8,10,13,15H,7,9H2,1-3H3. The van der Waals surface area contributed by atoms with Gasteiger partial charge in [0, 0.05) is 17.6 Å². The van der Waals surface area contributed by atoms with Gasteiger partial charge in [-0.15, -0.1) is 0 Å². The second-order valence-electron chi connectivity index (χ2n) is 4.10. The summed E-state index contributed by atoms with van der Waals surface area (Å²) in [5, 5.41) is 3.34. The van der Waals surface area contributed by atoms with Gasteiger partial charge in [0.15, 0.2) is 0 Å². The van der Waals surface area contributed by atoms with E-state index < -0.39 is 0 Å². The summed E-state index contributed by atoms with van der Waals surface area (Å²) in [4.78, 5) is 0. The Morgan fingerprint density at radius 3 is 2.75 bits per heavy atom. The Morgan fingerprint density at radius 1 is 1.44 bits per heavy atom. The SMILES string of the molecule is CNC(Cc1cccc(Br)c1)CC(C)OC. The molecule has 0 spiro atoms. The van der Waals surface area contributed by atoms with Crippen molar-refractivity contribution >= 4 is 15.9 Å². The fourth-order valence-corrected chi connectivity index (χ4v) is 2.20. The van der Waals surface area contributed by atoms with E-state index in [4.69, 9.17) is 4.74 Å². The number of hydrogen-bond acceptors (Lipinski definition) is 2. The van der Waals surface area contributed by atoms with Crippen LogP contribution in [0.1, 0.15) is 18.9 Å². The second-order valence-corrected chi connectivity index (χ2v) is 5.02. The van der Waals surface area contributed by atoms with Crippen molar-refractivity contribution in [1.29, 1.82) is 0 Å². The van der Waals surface area contributed by atoms with Gasteiger partial charge >= 0.3 is 0 Å². The van der Waals surface area contributed by atoms with Crippen molar-refractivity contribution in [3.8, 4) is 0 Å². The molecule has 0 aliphatic carbocycles. The lowest BCUT2D eigenvalue weighted by Crippen LogP contribution is -2.31. The minimum Gasteiger partial charge on any atom is -0.382 e. The first-order chi connectivity index (χ1) is 7.65. The van der Waals surface area contributed by atoms with E-state index >= 15 is 0 Å². The molecule has 1 rings (SSSR count). The van der Waals surface area contributed by atoms with Crippen molar-refractivity contribution < 1.29 is 4.74 Å². The van der Waals surface area contributed by atoms with Crippen LogP contribution in [0.5, 0.6) is 0 Å². The van der Waals surface area contributed by atoms with Gasteiger partial charge in [-0.1, -0.05) is 28.1 Å². The lowest BCUT2D eigenvalue weighted by Gasteiger charge is -2.19. The average molecular weight is 286 g/mol. The van der Waals surface area contributed by atoms with Gasteiger partial charge in [-0.2, -0.15) is 0 Å². The zero-order valence-electron chi connectivity index (χ0n) is 10.2. The number of rotatable bonds is 6. The van der Waals surface area contributed by atoms with Crippen molar-refractivity contribution in [2.75, 3.05) is 14.2 Å². The van der Waals surface area contributed by atoms with Gasteiger partial charge in [0.2, 0.25) is 0 Å². The van der Waals surface area contributed by atoms with Gasteiger partial charge in [-0.05, 0) is 44.5 Å². The molecule has 0 aromatic heterocycles. The van der Waals surface area contributed by atoms with Crippen LogP contribution in [0.3, 0.4) is 0 Å². The molecule has 1 N–H and O–H groups in total. The molecule has 0 aliphatic rings.